The van der Waals surface area contributed by atoms with Crippen molar-refractivity contribution in [2.45, 2.75) is 25.7 Å². The van der Waals surface area contributed by atoms with E-state index in [0.717, 1.165) is 6.61 Å². The van der Waals surface area contributed by atoms with Gasteiger partial charge in [-0.25, -0.2) is 0 Å². The molecule has 0 saturated heterocycles. The molecule has 0 unspecified atom stereocenters. The zero-order valence-electron chi connectivity index (χ0n) is 8.35. The minimum absolute atomic E-state index is 0.651. The summed E-state index contributed by atoms with van der Waals surface area (Å²) in [4.78, 5) is 0. The van der Waals surface area contributed by atoms with Gasteiger partial charge < -0.3 is 4.74 Å². The van der Waals surface area contributed by atoms with Gasteiger partial charge in [0.05, 0.1) is 0 Å². The van der Waals surface area contributed by atoms with Crippen molar-refractivity contribution in [1.82, 2.24) is 0 Å². The Morgan fingerprint density at radius 1 is 1.46 bits per heavy atom. The number of alkyl halides is 1. The summed E-state index contributed by atoms with van der Waals surface area (Å²) in [5, 5.41) is 1.19. The molecule has 1 fully saturated rings. The molecule has 0 heterocycles. The van der Waals surface area contributed by atoms with Crippen LogP contribution in [0, 0.1) is 5.41 Å². The average molecular weight is 267 g/mol. The lowest BCUT2D eigenvalue weighted by Gasteiger charge is -2.40. The molecule has 78 valence electrons. The van der Waals surface area contributed by atoms with Crippen LogP contribution in [0.4, 0.5) is 0 Å². The van der Waals surface area contributed by atoms with Crippen LogP contribution in [0.15, 0.2) is 0 Å². The largest absolute Gasteiger partial charge is 0.385 e. The van der Waals surface area contributed by atoms with Gasteiger partial charge in [-0.1, -0.05) is 22.4 Å². The second-order valence-corrected chi connectivity index (χ2v) is 5.55. The summed E-state index contributed by atoms with van der Waals surface area (Å²) >= 11 is 5.72. The Balaban J connectivity index is 1.98. The topological polar surface area (TPSA) is 9.23 Å². The van der Waals surface area contributed by atoms with E-state index in [0.29, 0.717) is 5.41 Å². The van der Waals surface area contributed by atoms with Gasteiger partial charge in [-0.05, 0) is 36.2 Å². The van der Waals surface area contributed by atoms with E-state index in [1.807, 2.05) is 0 Å². The molecular formula is C10H19BrOS. The highest BCUT2D eigenvalue weighted by Gasteiger charge is 2.35. The van der Waals surface area contributed by atoms with Gasteiger partial charge in [-0.15, -0.1) is 0 Å². The molecule has 0 N–H and O–H groups in total. The molecule has 1 rings (SSSR count). The summed E-state index contributed by atoms with van der Waals surface area (Å²) in [6.45, 7) is 0.911. The average Bonchev–Trinajstić information content (AvgIpc) is 2.09. The Hall–Kier alpha value is 0.790. The lowest BCUT2D eigenvalue weighted by atomic mass is 9.72. The SMILES string of the molecule is COCCCSCC1(CBr)CCC1. The lowest BCUT2D eigenvalue weighted by Crippen LogP contribution is -2.33. The van der Waals surface area contributed by atoms with Crippen molar-refractivity contribution >= 4 is 27.7 Å². The van der Waals surface area contributed by atoms with Gasteiger partial charge in [0.25, 0.3) is 0 Å². The fourth-order valence-electron chi connectivity index (χ4n) is 1.59. The molecule has 0 aromatic heterocycles. The maximum Gasteiger partial charge on any atom is 0.0470 e. The van der Waals surface area contributed by atoms with E-state index in [-0.39, 0.29) is 0 Å². The number of halogens is 1. The summed E-state index contributed by atoms with van der Waals surface area (Å²) in [7, 11) is 1.77. The molecule has 0 aromatic rings. The van der Waals surface area contributed by atoms with Gasteiger partial charge >= 0.3 is 0 Å². The van der Waals surface area contributed by atoms with Crippen LogP contribution in [-0.2, 0) is 4.74 Å². The predicted octanol–water partition coefficient (Wildman–Crippen LogP) is 3.32. The third-order valence-electron chi connectivity index (χ3n) is 2.74. The highest BCUT2D eigenvalue weighted by molar-refractivity contribution is 9.09. The van der Waals surface area contributed by atoms with Gasteiger partial charge in [-0.2, -0.15) is 11.8 Å². The molecule has 1 aliphatic carbocycles. The molecule has 0 spiro atoms. The maximum atomic E-state index is 5.02. The Morgan fingerprint density at radius 2 is 2.23 bits per heavy atom. The van der Waals surface area contributed by atoms with Crippen molar-refractivity contribution in [3.63, 3.8) is 0 Å². The van der Waals surface area contributed by atoms with Crippen molar-refractivity contribution in [2.75, 3.05) is 30.6 Å². The Labute approximate surface area is 94.1 Å². The Morgan fingerprint density at radius 3 is 2.69 bits per heavy atom. The van der Waals surface area contributed by atoms with Crippen molar-refractivity contribution in [2.24, 2.45) is 5.41 Å². The fraction of sp³-hybridized carbons (Fsp3) is 1.00. The van der Waals surface area contributed by atoms with E-state index in [2.05, 4.69) is 27.7 Å². The van der Waals surface area contributed by atoms with Crippen molar-refractivity contribution < 1.29 is 4.74 Å². The standard InChI is InChI=1S/C10H19BrOS/c1-12-6-3-7-13-9-10(8-11)4-2-5-10/h2-9H2,1H3. The molecule has 1 nitrogen and oxygen atoms in total. The molecular weight excluding hydrogens is 248 g/mol. The van der Waals surface area contributed by atoms with Gasteiger partial charge in [0.2, 0.25) is 0 Å². The molecule has 0 amide bonds. The zero-order chi connectivity index (χ0) is 9.57. The lowest BCUT2D eigenvalue weighted by molar-refractivity contribution is 0.199. The fourth-order valence-corrected chi connectivity index (χ4v) is 3.90. The molecule has 13 heavy (non-hydrogen) atoms. The Kier molecular flexibility index (Phi) is 5.75. The van der Waals surface area contributed by atoms with Crippen LogP contribution in [0.25, 0.3) is 0 Å². The molecule has 0 bridgehead atoms. The van der Waals surface area contributed by atoms with Crippen LogP contribution in [0.2, 0.25) is 0 Å². The molecule has 0 atom stereocenters. The summed E-state index contributed by atoms with van der Waals surface area (Å²) in [6.07, 6.45) is 5.48. The molecule has 0 aliphatic heterocycles. The minimum Gasteiger partial charge on any atom is -0.385 e. The van der Waals surface area contributed by atoms with E-state index >= 15 is 0 Å². The number of hydrogen-bond donors (Lipinski definition) is 0. The van der Waals surface area contributed by atoms with Crippen molar-refractivity contribution in [1.29, 1.82) is 0 Å². The second kappa shape index (κ2) is 6.31. The highest BCUT2D eigenvalue weighted by atomic mass is 79.9. The first kappa shape index (κ1) is 11.9. The highest BCUT2D eigenvalue weighted by Crippen LogP contribution is 2.44. The predicted molar refractivity (Wildman–Crippen MR) is 63.9 cm³/mol. The number of methoxy groups -OCH3 is 1. The first-order valence-electron chi connectivity index (χ1n) is 4.96. The molecule has 3 heteroatoms. The van der Waals surface area contributed by atoms with Crippen LogP contribution >= 0.6 is 27.7 Å². The third kappa shape index (κ3) is 3.80. The summed E-state index contributed by atoms with van der Waals surface area (Å²) in [5.74, 6) is 2.59. The quantitative estimate of drug-likeness (QED) is 0.517. The zero-order valence-corrected chi connectivity index (χ0v) is 10.8. The number of hydrogen-bond acceptors (Lipinski definition) is 2. The molecule has 1 aliphatic rings. The van der Waals surface area contributed by atoms with E-state index < -0.39 is 0 Å². The smallest absolute Gasteiger partial charge is 0.0470 e. The molecule has 1 saturated carbocycles. The van der Waals surface area contributed by atoms with Gasteiger partial charge in [0.1, 0.15) is 0 Å². The van der Waals surface area contributed by atoms with Crippen LogP contribution < -0.4 is 0 Å². The summed E-state index contributed by atoms with van der Waals surface area (Å²) in [6, 6.07) is 0. The van der Waals surface area contributed by atoms with Gasteiger partial charge in [0, 0.05) is 19.0 Å². The summed E-state index contributed by atoms with van der Waals surface area (Å²) in [5.41, 5.74) is 0.651. The van der Waals surface area contributed by atoms with E-state index in [9.17, 15) is 0 Å². The third-order valence-corrected chi connectivity index (χ3v) is 5.33. The first-order valence-corrected chi connectivity index (χ1v) is 7.23. The number of ether oxygens (including phenoxy) is 1. The number of thioether (sulfide) groups is 1. The normalized spacial score (nSPS) is 19.8. The van der Waals surface area contributed by atoms with Crippen LogP contribution in [0.5, 0.6) is 0 Å². The van der Waals surface area contributed by atoms with Crippen molar-refractivity contribution in [3.05, 3.63) is 0 Å². The second-order valence-electron chi connectivity index (χ2n) is 3.89. The van der Waals surface area contributed by atoms with Gasteiger partial charge in [0.15, 0.2) is 0 Å². The Bertz CT molecular complexity index is 131. The summed E-state index contributed by atoms with van der Waals surface area (Å²) < 4.78 is 5.02. The van der Waals surface area contributed by atoms with Crippen LogP contribution in [0.1, 0.15) is 25.7 Å². The van der Waals surface area contributed by atoms with Crippen molar-refractivity contribution in [3.8, 4) is 0 Å². The molecule has 0 radical (unpaired) electrons. The van der Waals surface area contributed by atoms with E-state index in [4.69, 9.17) is 4.74 Å². The minimum atomic E-state index is 0.651. The van der Waals surface area contributed by atoms with Crippen LogP contribution in [0.3, 0.4) is 0 Å². The van der Waals surface area contributed by atoms with E-state index in [1.165, 1.54) is 42.5 Å². The monoisotopic (exact) mass is 266 g/mol. The number of rotatable bonds is 7. The van der Waals surface area contributed by atoms with E-state index in [1.54, 1.807) is 7.11 Å². The molecule has 0 aromatic carbocycles. The first-order chi connectivity index (χ1) is 6.33. The van der Waals surface area contributed by atoms with Gasteiger partial charge in [-0.3, -0.25) is 0 Å². The van der Waals surface area contributed by atoms with Crippen LogP contribution in [-0.4, -0.2) is 30.6 Å². The maximum absolute atomic E-state index is 5.02.